The molecule has 11 heteroatoms. The first kappa shape index (κ1) is 26.2. The molecule has 1 amide bonds. The van der Waals surface area contributed by atoms with E-state index < -0.39 is 36.0 Å². The molecule has 1 aliphatic heterocycles. The molecular formula is C26H28F2N4O5. The van der Waals surface area contributed by atoms with Crippen molar-refractivity contribution in [2.24, 2.45) is 0 Å². The Balaban J connectivity index is 1.44. The normalized spacial score (nSPS) is 18.7. The number of ether oxygens (including phenoxy) is 3. The standard InChI is InChI=1S/C26H28F2N4O5/c1-35-22-9-8-21-24(31-22)23(18(27)12-29-21)17(25(33)36-2)13-32-11-10-20(19(28)14-32)30-26(34)37-15-16-6-4-3-5-7-16/h3-9,12,17,19-20H,10-11,13-15H2,1-2H3,(H,30,34). The van der Waals surface area contributed by atoms with E-state index in [1.54, 1.807) is 17.0 Å². The van der Waals surface area contributed by atoms with E-state index in [2.05, 4.69) is 15.3 Å². The Bertz CT molecular complexity index is 1250. The van der Waals surface area contributed by atoms with Gasteiger partial charge in [0.1, 0.15) is 18.6 Å². The minimum absolute atomic E-state index is 0.00676. The minimum atomic E-state index is -1.42. The van der Waals surface area contributed by atoms with Gasteiger partial charge in [-0.05, 0) is 18.1 Å². The van der Waals surface area contributed by atoms with Crippen molar-refractivity contribution in [3.05, 3.63) is 65.6 Å². The maximum atomic E-state index is 15.0. The van der Waals surface area contributed by atoms with Crippen LogP contribution < -0.4 is 10.1 Å². The molecule has 1 saturated heterocycles. The lowest BCUT2D eigenvalue weighted by atomic mass is 9.95. The van der Waals surface area contributed by atoms with E-state index in [-0.39, 0.29) is 43.1 Å². The molecule has 0 radical (unpaired) electrons. The van der Waals surface area contributed by atoms with Gasteiger partial charge in [-0.15, -0.1) is 0 Å². The molecule has 1 N–H and O–H groups in total. The number of nitrogens with one attached hydrogen (secondary N) is 1. The van der Waals surface area contributed by atoms with Crippen LogP contribution in [0, 0.1) is 5.82 Å². The summed E-state index contributed by atoms with van der Waals surface area (Å²) >= 11 is 0. The van der Waals surface area contributed by atoms with Crippen LogP contribution in [0.4, 0.5) is 13.6 Å². The zero-order valence-corrected chi connectivity index (χ0v) is 20.5. The Labute approximate surface area is 212 Å². The van der Waals surface area contributed by atoms with E-state index in [9.17, 15) is 9.59 Å². The van der Waals surface area contributed by atoms with E-state index in [1.807, 2.05) is 30.3 Å². The first-order chi connectivity index (χ1) is 17.9. The second-order valence-corrected chi connectivity index (χ2v) is 8.69. The van der Waals surface area contributed by atoms with Gasteiger partial charge in [0.15, 0.2) is 0 Å². The van der Waals surface area contributed by atoms with Crippen LogP contribution in [-0.4, -0.2) is 73.0 Å². The smallest absolute Gasteiger partial charge is 0.407 e. The maximum absolute atomic E-state index is 15.0. The average Bonchev–Trinajstić information content (AvgIpc) is 2.92. The van der Waals surface area contributed by atoms with Crippen molar-refractivity contribution >= 4 is 23.1 Å². The second-order valence-electron chi connectivity index (χ2n) is 8.69. The Morgan fingerprint density at radius 3 is 2.68 bits per heavy atom. The molecule has 3 heterocycles. The number of hydrogen-bond donors (Lipinski definition) is 1. The van der Waals surface area contributed by atoms with Gasteiger partial charge in [0.2, 0.25) is 5.88 Å². The lowest BCUT2D eigenvalue weighted by molar-refractivity contribution is -0.143. The van der Waals surface area contributed by atoms with Crippen molar-refractivity contribution in [2.45, 2.75) is 31.2 Å². The Morgan fingerprint density at radius 2 is 1.97 bits per heavy atom. The summed E-state index contributed by atoms with van der Waals surface area (Å²) < 4.78 is 45.4. The number of fused-ring (bicyclic) bond motifs is 1. The minimum Gasteiger partial charge on any atom is -0.481 e. The molecule has 2 aromatic heterocycles. The summed E-state index contributed by atoms with van der Waals surface area (Å²) in [6, 6.07) is 11.6. The molecule has 3 atom stereocenters. The van der Waals surface area contributed by atoms with Crippen LogP contribution in [0.1, 0.15) is 23.5 Å². The summed E-state index contributed by atoms with van der Waals surface area (Å²) in [5, 5.41) is 2.58. The van der Waals surface area contributed by atoms with Crippen molar-refractivity contribution in [1.82, 2.24) is 20.2 Å². The number of alkyl halides is 1. The number of likely N-dealkylation sites (tertiary alicyclic amines) is 1. The third-order valence-corrected chi connectivity index (χ3v) is 6.30. The highest BCUT2D eigenvalue weighted by atomic mass is 19.1. The van der Waals surface area contributed by atoms with Crippen LogP contribution in [0.15, 0.2) is 48.7 Å². The van der Waals surface area contributed by atoms with Gasteiger partial charge in [-0.25, -0.2) is 18.6 Å². The molecule has 9 nitrogen and oxygen atoms in total. The van der Waals surface area contributed by atoms with Gasteiger partial charge in [-0.1, -0.05) is 30.3 Å². The van der Waals surface area contributed by atoms with E-state index in [0.717, 1.165) is 11.8 Å². The molecule has 1 aliphatic rings. The van der Waals surface area contributed by atoms with E-state index in [4.69, 9.17) is 14.2 Å². The largest absolute Gasteiger partial charge is 0.481 e. The highest BCUT2D eigenvalue weighted by molar-refractivity contribution is 5.87. The van der Waals surface area contributed by atoms with Gasteiger partial charge >= 0.3 is 12.1 Å². The summed E-state index contributed by atoms with van der Waals surface area (Å²) in [4.78, 5) is 35.0. The topological polar surface area (TPSA) is 103 Å². The number of hydrogen-bond acceptors (Lipinski definition) is 8. The number of esters is 1. The van der Waals surface area contributed by atoms with Crippen LogP contribution >= 0.6 is 0 Å². The van der Waals surface area contributed by atoms with E-state index in [1.165, 1.54) is 14.2 Å². The molecular weight excluding hydrogens is 486 g/mol. The molecule has 3 aromatic rings. The average molecular weight is 515 g/mol. The molecule has 0 aliphatic carbocycles. The molecule has 0 saturated carbocycles. The first-order valence-corrected chi connectivity index (χ1v) is 11.8. The number of benzene rings is 1. The summed E-state index contributed by atoms with van der Waals surface area (Å²) in [5.74, 6) is -2.25. The van der Waals surface area contributed by atoms with Crippen LogP contribution in [0.25, 0.3) is 11.0 Å². The number of aromatic nitrogens is 2. The monoisotopic (exact) mass is 514 g/mol. The van der Waals surface area contributed by atoms with Gasteiger partial charge in [0.25, 0.3) is 0 Å². The van der Waals surface area contributed by atoms with E-state index in [0.29, 0.717) is 12.1 Å². The van der Waals surface area contributed by atoms with Crippen LogP contribution in [0.2, 0.25) is 0 Å². The van der Waals surface area contributed by atoms with Gasteiger partial charge in [-0.3, -0.25) is 14.7 Å². The molecule has 37 heavy (non-hydrogen) atoms. The lowest BCUT2D eigenvalue weighted by Gasteiger charge is -2.36. The van der Waals surface area contributed by atoms with Crippen molar-refractivity contribution in [2.75, 3.05) is 33.9 Å². The van der Waals surface area contributed by atoms with Gasteiger partial charge in [-0.2, -0.15) is 0 Å². The molecule has 3 unspecified atom stereocenters. The van der Waals surface area contributed by atoms with Crippen molar-refractivity contribution in [1.29, 1.82) is 0 Å². The number of piperidine rings is 1. The fourth-order valence-electron chi connectivity index (χ4n) is 4.39. The van der Waals surface area contributed by atoms with E-state index >= 15 is 8.78 Å². The summed E-state index contributed by atoms with van der Waals surface area (Å²) in [5.41, 5.74) is 1.38. The van der Waals surface area contributed by atoms with Crippen molar-refractivity contribution in [3.8, 4) is 5.88 Å². The summed E-state index contributed by atoms with van der Waals surface area (Å²) in [7, 11) is 2.63. The predicted octanol–water partition coefficient (Wildman–Crippen LogP) is 3.37. The number of carbonyl (C=O) groups is 2. The molecule has 4 rings (SSSR count). The Hall–Kier alpha value is -3.86. The number of alkyl carbamates (subject to hydrolysis) is 1. The highest BCUT2D eigenvalue weighted by Crippen LogP contribution is 2.30. The first-order valence-electron chi connectivity index (χ1n) is 11.8. The number of nitrogens with zero attached hydrogens (tertiary/aromatic N) is 3. The lowest BCUT2D eigenvalue weighted by Crippen LogP contribution is -2.53. The van der Waals surface area contributed by atoms with Gasteiger partial charge < -0.3 is 19.5 Å². The van der Waals surface area contributed by atoms with Crippen LogP contribution in [0.3, 0.4) is 0 Å². The second kappa shape index (κ2) is 11.9. The highest BCUT2D eigenvalue weighted by Gasteiger charge is 2.35. The number of methoxy groups -OCH3 is 2. The third-order valence-electron chi connectivity index (χ3n) is 6.30. The number of carbonyl (C=O) groups excluding carboxylic acids is 2. The molecule has 1 aromatic carbocycles. The number of rotatable bonds is 8. The molecule has 0 spiro atoms. The number of amides is 1. The predicted molar refractivity (Wildman–Crippen MR) is 130 cm³/mol. The van der Waals surface area contributed by atoms with Crippen molar-refractivity contribution in [3.63, 3.8) is 0 Å². The maximum Gasteiger partial charge on any atom is 0.407 e. The van der Waals surface area contributed by atoms with Crippen LogP contribution in [-0.2, 0) is 20.9 Å². The van der Waals surface area contributed by atoms with Crippen molar-refractivity contribution < 1.29 is 32.6 Å². The fourth-order valence-corrected chi connectivity index (χ4v) is 4.39. The quantitative estimate of drug-likeness (QED) is 0.457. The zero-order chi connectivity index (χ0) is 26.4. The molecule has 1 fully saturated rings. The fraction of sp³-hybridized carbons (Fsp3) is 0.385. The zero-order valence-electron chi connectivity index (χ0n) is 20.5. The number of halogens is 2. The molecule has 0 bridgehead atoms. The van der Waals surface area contributed by atoms with Gasteiger partial charge in [0.05, 0.1) is 43.4 Å². The third kappa shape index (κ3) is 6.29. The molecule has 196 valence electrons. The van der Waals surface area contributed by atoms with Gasteiger partial charge in [0, 0.05) is 31.3 Å². The summed E-state index contributed by atoms with van der Waals surface area (Å²) in [6.45, 7) is 0.359. The van der Waals surface area contributed by atoms with Crippen LogP contribution in [0.5, 0.6) is 5.88 Å². The Morgan fingerprint density at radius 1 is 1.19 bits per heavy atom. The number of pyridine rings is 2. The SMILES string of the molecule is COC(=O)C(CN1CCC(NC(=O)OCc2ccccc2)C(F)C1)c1c(F)cnc2ccc(OC)nc12. The summed E-state index contributed by atoms with van der Waals surface area (Å²) in [6.07, 6.45) is -0.825. The Kier molecular flexibility index (Phi) is 8.44.